The van der Waals surface area contributed by atoms with Crippen LogP contribution in [0, 0.1) is 0 Å². The van der Waals surface area contributed by atoms with Crippen LogP contribution >= 0.6 is 11.3 Å². The number of carbonyl (C=O) groups excluding carboxylic acids is 1. The Hall–Kier alpha value is -1.96. The fourth-order valence-corrected chi connectivity index (χ4v) is 1.49. The molecule has 7 nitrogen and oxygen atoms in total. The monoisotopic (exact) mass is 225 g/mol. The number of hydrogen-bond donors (Lipinski definition) is 1. The highest BCUT2D eigenvalue weighted by Crippen LogP contribution is 2.15. The van der Waals surface area contributed by atoms with Crippen LogP contribution in [0.15, 0.2) is 11.7 Å². The molecule has 0 aliphatic carbocycles. The molecule has 0 saturated carbocycles. The van der Waals surface area contributed by atoms with Crippen LogP contribution in [0.2, 0.25) is 0 Å². The molecule has 0 aromatic carbocycles. The molecule has 0 fully saturated rings. The van der Waals surface area contributed by atoms with Crippen molar-refractivity contribution in [1.29, 1.82) is 0 Å². The standard InChI is InChI=1S/C7H7N5O2S/c1-14-6(13)5-4(8)2-12(11-5)7-10-9-3-15-7/h2-3H,8H2,1H3. The van der Waals surface area contributed by atoms with Gasteiger partial charge < -0.3 is 10.5 Å². The summed E-state index contributed by atoms with van der Waals surface area (Å²) in [5.41, 5.74) is 7.48. The molecule has 8 heteroatoms. The van der Waals surface area contributed by atoms with E-state index in [0.29, 0.717) is 5.13 Å². The number of rotatable bonds is 2. The normalized spacial score (nSPS) is 10.2. The van der Waals surface area contributed by atoms with E-state index in [-0.39, 0.29) is 11.4 Å². The second kappa shape index (κ2) is 3.65. The molecule has 0 bridgehead atoms. The maximum Gasteiger partial charge on any atom is 0.360 e. The topological polar surface area (TPSA) is 95.9 Å². The summed E-state index contributed by atoms with van der Waals surface area (Å²) < 4.78 is 5.91. The Morgan fingerprint density at radius 1 is 1.67 bits per heavy atom. The number of nitrogens with zero attached hydrogens (tertiary/aromatic N) is 4. The number of hydrogen-bond acceptors (Lipinski definition) is 7. The van der Waals surface area contributed by atoms with Gasteiger partial charge in [-0.05, 0) is 0 Å². The van der Waals surface area contributed by atoms with Gasteiger partial charge in [0.2, 0.25) is 5.13 Å². The number of ether oxygens (including phenoxy) is 1. The highest BCUT2D eigenvalue weighted by Gasteiger charge is 2.16. The first-order valence-corrected chi connectivity index (χ1v) is 4.80. The highest BCUT2D eigenvalue weighted by atomic mass is 32.1. The molecule has 15 heavy (non-hydrogen) atoms. The highest BCUT2D eigenvalue weighted by molar-refractivity contribution is 7.11. The van der Waals surface area contributed by atoms with Gasteiger partial charge in [0.1, 0.15) is 5.51 Å². The van der Waals surface area contributed by atoms with Crippen LogP contribution in [-0.2, 0) is 4.74 Å². The Labute approximate surface area is 88.5 Å². The molecule has 0 aliphatic heterocycles. The van der Waals surface area contributed by atoms with E-state index in [1.54, 1.807) is 5.51 Å². The van der Waals surface area contributed by atoms with Crippen LogP contribution in [0.1, 0.15) is 10.5 Å². The van der Waals surface area contributed by atoms with Gasteiger partial charge >= 0.3 is 5.97 Å². The van der Waals surface area contributed by atoms with Crippen LogP contribution in [0.5, 0.6) is 0 Å². The van der Waals surface area contributed by atoms with E-state index >= 15 is 0 Å². The van der Waals surface area contributed by atoms with E-state index in [0.717, 1.165) is 0 Å². The van der Waals surface area contributed by atoms with Crippen molar-refractivity contribution in [1.82, 2.24) is 20.0 Å². The largest absolute Gasteiger partial charge is 0.464 e. The van der Waals surface area contributed by atoms with Crippen LogP contribution in [0.4, 0.5) is 5.69 Å². The summed E-state index contributed by atoms with van der Waals surface area (Å²) in [7, 11) is 1.27. The zero-order chi connectivity index (χ0) is 10.8. The summed E-state index contributed by atoms with van der Waals surface area (Å²) in [4.78, 5) is 11.2. The van der Waals surface area contributed by atoms with Crippen molar-refractivity contribution in [2.75, 3.05) is 12.8 Å². The predicted molar refractivity (Wildman–Crippen MR) is 52.8 cm³/mol. The Balaban J connectivity index is 2.41. The number of carbonyl (C=O) groups is 1. The van der Waals surface area contributed by atoms with Gasteiger partial charge in [0.25, 0.3) is 0 Å². The molecule has 0 saturated heterocycles. The molecule has 2 N–H and O–H groups in total. The first kappa shape index (κ1) is 9.59. The number of esters is 1. The molecule has 78 valence electrons. The van der Waals surface area contributed by atoms with Crippen molar-refractivity contribution in [3.8, 4) is 5.13 Å². The van der Waals surface area contributed by atoms with Crippen molar-refractivity contribution >= 4 is 23.0 Å². The van der Waals surface area contributed by atoms with Crippen molar-refractivity contribution in [3.05, 3.63) is 17.4 Å². The molecular weight excluding hydrogens is 218 g/mol. The van der Waals surface area contributed by atoms with E-state index in [1.807, 2.05) is 0 Å². The van der Waals surface area contributed by atoms with E-state index in [9.17, 15) is 4.79 Å². The Bertz CT molecular complexity index is 478. The molecule has 0 atom stereocenters. The molecule has 2 heterocycles. The maximum atomic E-state index is 11.2. The van der Waals surface area contributed by atoms with Gasteiger partial charge in [-0.15, -0.1) is 10.2 Å². The van der Waals surface area contributed by atoms with Crippen molar-refractivity contribution in [3.63, 3.8) is 0 Å². The minimum atomic E-state index is -0.573. The molecule has 0 amide bonds. The van der Waals surface area contributed by atoms with E-state index in [2.05, 4.69) is 20.0 Å². The lowest BCUT2D eigenvalue weighted by atomic mass is 10.4. The zero-order valence-electron chi connectivity index (χ0n) is 7.75. The summed E-state index contributed by atoms with van der Waals surface area (Å²) >= 11 is 1.29. The molecule has 2 aromatic heterocycles. The van der Waals surface area contributed by atoms with Gasteiger partial charge in [-0.3, -0.25) is 0 Å². The average molecular weight is 225 g/mol. The fourth-order valence-electron chi connectivity index (χ4n) is 1.01. The fraction of sp³-hybridized carbons (Fsp3) is 0.143. The predicted octanol–water partition coefficient (Wildman–Crippen LogP) is 0.0926. The lowest BCUT2D eigenvalue weighted by Crippen LogP contribution is -2.05. The number of anilines is 1. The third-order valence-electron chi connectivity index (χ3n) is 1.67. The zero-order valence-corrected chi connectivity index (χ0v) is 8.56. The average Bonchev–Trinajstić information content (AvgIpc) is 2.84. The lowest BCUT2D eigenvalue weighted by Gasteiger charge is -1.93. The first-order valence-electron chi connectivity index (χ1n) is 3.92. The SMILES string of the molecule is COC(=O)c1nn(-c2nncs2)cc1N. The maximum absolute atomic E-state index is 11.2. The number of nitrogen functional groups attached to an aromatic ring is 1. The molecule has 0 unspecified atom stereocenters. The minimum Gasteiger partial charge on any atom is -0.464 e. The summed E-state index contributed by atoms with van der Waals surface area (Å²) in [6, 6.07) is 0. The third kappa shape index (κ3) is 1.66. The van der Waals surface area contributed by atoms with Gasteiger partial charge in [-0.25, -0.2) is 9.48 Å². The molecular formula is C7H7N5O2S. The van der Waals surface area contributed by atoms with Crippen LogP contribution < -0.4 is 5.73 Å². The summed E-state index contributed by atoms with van der Waals surface area (Å²) in [6.07, 6.45) is 1.49. The number of methoxy groups -OCH3 is 1. The summed E-state index contributed by atoms with van der Waals surface area (Å²) in [6.45, 7) is 0. The van der Waals surface area contributed by atoms with Crippen molar-refractivity contribution in [2.45, 2.75) is 0 Å². The van der Waals surface area contributed by atoms with Gasteiger partial charge in [0, 0.05) is 0 Å². The second-order valence-corrected chi connectivity index (χ2v) is 3.40. The third-order valence-corrected chi connectivity index (χ3v) is 2.35. The molecule has 0 spiro atoms. The van der Waals surface area contributed by atoms with E-state index < -0.39 is 5.97 Å². The van der Waals surface area contributed by atoms with Gasteiger partial charge in [-0.2, -0.15) is 5.10 Å². The van der Waals surface area contributed by atoms with E-state index in [1.165, 1.54) is 29.3 Å². The summed E-state index contributed by atoms with van der Waals surface area (Å²) in [5.74, 6) is -0.573. The van der Waals surface area contributed by atoms with Gasteiger partial charge in [0.05, 0.1) is 19.0 Å². The van der Waals surface area contributed by atoms with Crippen molar-refractivity contribution < 1.29 is 9.53 Å². The molecule has 2 rings (SSSR count). The van der Waals surface area contributed by atoms with Crippen LogP contribution in [0.25, 0.3) is 5.13 Å². The minimum absolute atomic E-state index is 0.0766. The van der Waals surface area contributed by atoms with Gasteiger partial charge in [0.15, 0.2) is 5.69 Å². The number of nitrogens with two attached hydrogens (primary N) is 1. The molecule has 0 radical (unpaired) electrons. The second-order valence-electron chi connectivity index (χ2n) is 2.59. The molecule has 0 aliphatic rings. The van der Waals surface area contributed by atoms with E-state index in [4.69, 9.17) is 5.73 Å². The number of aromatic nitrogens is 4. The van der Waals surface area contributed by atoms with Crippen LogP contribution in [-0.4, -0.2) is 33.1 Å². The lowest BCUT2D eigenvalue weighted by molar-refractivity contribution is 0.0594. The Morgan fingerprint density at radius 3 is 3.07 bits per heavy atom. The van der Waals surface area contributed by atoms with Crippen molar-refractivity contribution in [2.24, 2.45) is 0 Å². The quantitative estimate of drug-likeness (QED) is 0.728. The van der Waals surface area contributed by atoms with Crippen LogP contribution in [0.3, 0.4) is 0 Å². The Morgan fingerprint density at radius 2 is 2.47 bits per heavy atom. The summed E-state index contributed by atoms with van der Waals surface area (Å²) in [5, 5.41) is 11.9. The van der Waals surface area contributed by atoms with Gasteiger partial charge in [-0.1, -0.05) is 11.3 Å². The Kier molecular flexibility index (Phi) is 2.34. The smallest absolute Gasteiger partial charge is 0.360 e. The first-order chi connectivity index (χ1) is 7.22. The molecule has 2 aromatic rings.